The highest BCUT2D eigenvalue weighted by Gasteiger charge is 2.17. The topological polar surface area (TPSA) is 52.6 Å². The monoisotopic (exact) mass is 367 g/mol. The molecule has 1 atom stereocenters. The number of carbonyl (C=O) groups excluding carboxylic acids is 2. The number of anilines is 1. The van der Waals surface area contributed by atoms with Gasteiger partial charge in [-0.3, -0.25) is 9.59 Å². The summed E-state index contributed by atoms with van der Waals surface area (Å²) in [6.07, 6.45) is 0.280. The quantitative estimate of drug-likeness (QED) is 0.779. The second-order valence-electron chi connectivity index (χ2n) is 6.91. The van der Waals surface area contributed by atoms with E-state index in [-0.39, 0.29) is 24.3 Å². The largest absolute Gasteiger partial charge is 0.378 e. The fourth-order valence-electron chi connectivity index (χ4n) is 2.83. The van der Waals surface area contributed by atoms with Gasteiger partial charge in [0.15, 0.2) is 0 Å². The van der Waals surface area contributed by atoms with Crippen molar-refractivity contribution in [2.75, 3.05) is 25.5 Å². The minimum absolute atomic E-state index is 0.0371. The fraction of sp³-hybridized carbons (Fsp3) is 0.364. The zero-order valence-electron chi connectivity index (χ0n) is 16.6. The maximum Gasteiger partial charge on any atom is 0.251 e. The molecule has 0 spiro atoms. The summed E-state index contributed by atoms with van der Waals surface area (Å²) in [4.78, 5) is 28.7. The Hall–Kier alpha value is -2.82. The molecule has 0 radical (unpaired) electrons. The number of rotatable bonds is 8. The molecule has 144 valence electrons. The number of hydrogen-bond acceptors (Lipinski definition) is 3. The van der Waals surface area contributed by atoms with Crippen molar-refractivity contribution in [2.24, 2.45) is 0 Å². The van der Waals surface area contributed by atoms with Gasteiger partial charge < -0.3 is 15.1 Å². The first-order chi connectivity index (χ1) is 12.9. The van der Waals surface area contributed by atoms with Crippen LogP contribution in [0.4, 0.5) is 5.69 Å². The molecule has 0 aliphatic heterocycles. The summed E-state index contributed by atoms with van der Waals surface area (Å²) in [5.74, 6) is -0.117. The van der Waals surface area contributed by atoms with E-state index in [1.807, 2.05) is 68.1 Å². The van der Waals surface area contributed by atoms with Crippen molar-refractivity contribution in [3.05, 3.63) is 65.7 Å². The van der Waals surface area contributed by atoms with Crippen molar-refractivity contribution in [1.29, 1.82) is 0 Å². The summed E-state index contributed by atoms with van der Waals surface area (Å²) < 4.78 is 0. The molecule has 2 rings (SSSR count). The van der Waals surface area contributed by atoms with Crippen molar-refractivity contribution in [3.8, 4) is 0 Å². The van der Waals surface area contributed by atoms with Crippen LogP contribution in [0.3, 0.4) is 0 Å². The lowest BCUT2D eigenvalue weighted by Gasteiger charge is -2.24. The molecule has 5 heteroatoms. The molecule has 0 heterocycles. The molecule has 0 aromatic heterocycles. The zero-order valence-corrected chi connectivity index (χ0v) is 16.6. The van der Waals surface area contributed by atoms with E-state index >= 15 is 0 Å². The first-order valence-electron chi connectivity index (χ1n) is 9.30. The van der Waals surface area contributed by atoms with Gasteiger partial charge in [0.2, 0.25) is 5.91 Å². The van der Waals surface area contributed by atoms with E-state index in [9.17, 15) is 9.59 Å². The first-order valence-corrected chi connectivity index (χ1v) is 9.30. The number of hydrogen-bond donors (Lipinski definition) is 1. The van der Waals surface area contributed by atoms with Crippen LogP contribution in [-0.4, -0.2) is 43.4 Å². The lowest BCUT2D eigenvalue weighted by atomic mass is 10.1. The average molecular weight is 367 g/mol. The van der Waals surface area contributed by atoms with E-state index in [4.69, 9.17) is 0 Å². The molecule has 1 unspecified atom stereocenters. The summed E-state index contributed by atoms with van der Waals surface area (Å²) in [6.45, 7) is 5.04. The van der Waals surface area contributed by atoms with Crippen LogP contribution in [0.5, 0.6) is 0 Å². The number of benzene rings is 2. The van der Waals surface area contributed by atoms with Gasteiger partial charge in [-0.2, -0.15) is 0 Å². The van der Waals surface area contributed by atoms with Crippen molar-refractivity contribution < 1.29 is 9.59 Å². The molecule has 0 fully saturated rings. The molecule has 5 nitrogen and oxygen atoms in total. The van der Waals surface area contributed by atoms with Gasteiger partial charge >= 0.3 is 0 Å². The summed E-state index contributed by atoms with van der Waals surface area (Å²) in [6, 6.07) is 17.0. The second-order valence-corrected chi connectivity index (χ2v) is 6.91. The number of nitrogens with one attached hydrogen (secondary N) is 1. The van der Waals surface area contributed by atoms with Crippen LogP contribution in [0.2, 0.25) is 0 Å². The Morgan fingerprint density at radius 1 is 1.00 bits per heavy atom. The summed E-state index contributed by atoms with van der Waals surface area (Å²) in [7, 11) is 4.00. The van der Waals surface area contributed by atoms with Crippen LogP contribution in [0.1, 0.15) is 36.2 Å². The predicted octanol–water partition coefficient (Wildman–Crippen LogP) is 3.31. The van der Waals surface area contributed by atoms with Gasteiger partial charge in [-0.15, -0.1) is 0 Å². The minimum Gasteiger partial charge on any atom is -0.378 e. The Kier molecular flexibility index (Phi) is 7.41. The molecule has 0 saturated heterocycles. The van der Waals surface area contributed by atoms with Crippen LogP contribution in [0.15, 0.2) is 54.6 Å². The van der Waals surface area contributed by atoms with Crippen molar-refractivity contribution in [3.63, 3.8) is 0 Å². The van der Waals surface area contributed by atoms with E-state index in [1.165, 1.54) is 0 Å². The van der Waals surface area contributed by atoms with Crippen molar-refractivity contribution in [1.82, 2.24) is 10.2 Å². The zero-order chi connectivity index (χ0) is 19.8. The first kappa shape index (κ1) is 20.5. The Morgan fingerprint density at radius 3 is 2.19 bits per heavy atom. The molecule has 27 heavy (non-hydrogen) atoms. The second kappa shape index (κ2) is 9.76. The van der Waals surface area contributed by atoms with E-state index < -0.39 is 0 Å². The van der Waals surface area contributed by atoms with Crippen LogP contribution < -0.4 is 10.2 Å². The Labute approximate surface area is 162 Å². The smallest absolute Gasteiger partial charge is 0.251 e. The lowest BCUT2D eigenvalue weighted by Crippen LogP contribution is -2.39. The number of amides is 2. The molecular weight excluding hydrogens is 338 g/mol. The molecule has 0 saturated carbocycles. The van der Waals surface area contributed by atoms with E-state index in [2.05, 4.69) is 17.4 Å². The molecule has 0 aliphatic rings. The van der Waals surface area contributed by atoms with Crippen LogP contribution in [0, 0.1) is 0 Å². The number of carbonyl (C=O) groups is 2. The third-order valence-electron chi connectivity index (χ3n) is 4.45. The lowest BCUT2D eigenvalue weighted by molar-refractivity contribution is -0.132. The maximum atomic E-state index is 12.6. The average Bonchev–Trinajstić information content (AvgIpc) is 2.66. The van der Waals surface area contributed by atoms with E-state index in [0.29, 0.717) is 18.7 Å². The van der Waals surface area contributed by atoms with Gasteiger partial charge in [-0.1, -0.05) is 30.3 Å². The fourth-order valence-corrected chi connectivity index (χ4v) is 2.83. The standard InChI is InChI=1S/C22H29N3O2/c1-5-25(16-18-11-13-20(14-12-18)24(3)4)21(26)15-17(2)23-22(27)19-9-7-6-8-10-19/h6-14,17H,5,15-16H2,1-4H3,(H,23,27). The Balaban J connectivity index is 1.90. The molecule has 2 amide bonds. The van der Waals surface area contributed by atoms with Crippen molar-refractivity contribution in [2.45, 2.75) is 32.9 Å². The third-order valence-corrected chi connectivity index (χ3v) is 4.45. The molecule has 2 aromatic rings. The van der Waals surface area contributed by atoms with E-state index in [0.717, 1.165) is 11.3 Å². The van der Waals surface area contributed by atoms with Crippen LogP contribution >= 0.6 is 0 Å². The highest BCUT2D eigenvalue weighted by molar-refractivity contribution is 5.94. The third kappa shape index (κ3) is 6.13. The van der Waals surface area contributed by atoms with Gasteiger partial charge in [-0.25, -0.2) is 0 Å². The highest BCUT2D eigenvalue weighted by Crippen LogP contribution is 2.14. The Morgan fingerprint density at radius 2 is 1.63 bits per heavy atom. The summed E-state index contributed by atoms with van der Waals surface area (Å²) in [5, 5.41) is 2.90. The van der Waals surface area contributed by atoms with Crippen molar-refractivity contribution >= 4 is 17.5 Å². The van der Waals surface area contributed by atoms with Gasteiger partial charge in [0.05, 0.1) is 0 Å². The van der Waals surface area contributed by atoms with Gasteiger partial charge in [0.25, 0.3) is 5.91 Å². The Bertz CT molecular complexity index is 742. The summed E-state index contributed by atoms with van der Waals surface area (Å²) >= 11 is 0. The maximum absolute atomic E-state index is 12.6. The summed E-state index contributed by atoms with van der Waals surface area (Å²) in [5.41, 5.74) is 2.83. The molecule has 0 aliphatic carbocycles. The predicted molar refractivity (Wildman–Crippen MR) is 110 cm³/mol. The van der Waals surface area contributed by atoms with Gasteiger partial charge in [0.1, 0.15) is 0 Å². The molecule has 0 bridgehead atoms. The SMILES string of the molecule is CCN(Cc1ccc(N(C)C)cc1)C(=O)CC(C)NC(=O)c1ccccc1. The van der Waals surface area contributed by atoms with E-state index in [1.54, 1.807) is 12.1 Å². The van der Waals surface area contributed by atoms with Gasteiger partial charge in [0, 0.05) is 50.9 Å². The van der Waals surface area contributed by atoms with Crippen LogP contribution in [-0.2, 0) is 11.3 Å². The molecule has 2 aromatic carbocycles. The highest BCUT2D eigenvalue weighted by atomic mass is 16.2. The molecular formula is C22H29N3O2. The molecule has 1 N–H and O–H groups in total. The number of nitrogens with zero attached hydrogens (tertiary/aromatic N) is 2. The normalized spacial score (nSPS) is 11.6. The van der Waals surface area contributed by atoms with Crippen LogP contribution in [0.25, 0.3) is 0 Å². The van der Waals surface area contributed by atoms with Gasteiger partial charge in [-0.05, 0) is 43.7 Å². The minimum atomic E-state index is -0.227.